The number of hydrogen-bond acceptors (Lipinski definition) is 8. The van der Waals surface area contributed by atoms with Crippen LogP contribution in [0, 0.1) is 11.7 Å². The number of phenols is 1. The third-order valence-corrected chi connectivity index (χ3v) is 10.1. The minimum Gasteiger partial charge on any atom is -0.506 e. The van der Waals surface area contributed by atoms with E-state index in [9.17, 15) is 24.2 Å². The average molecular weight is 707 g/mol. The number of halogens is 1. The van der Waals surface area contributed by atoms with E-state index in [1.54, 1.807) is 24.3 Å². The van der Waals surface area contributed by atoms with E-state index in [-0.39, 0.29) is 17.4 Å². The number of ether oxygens (including phenoxy) is 2. The van der Waals surface area contributed by atoms with Gasteiger partial charge in [0, 0.05) is 24.5 Å². The van der Waals surface area contributed by atoms with Crippen LogP contribution in [0.5, 0.6) is 11.5 Å². The van der Waals surface area contributed by atoms with Crippen LogP contribution in [0.25, 0.3) is 10.9 Å². The van der Waals surface area contributed by atoms with Gasteiger partial charge in [-0.15, -0.1) is 0 Å². The van der Waals surface area contributed by atoms with Crippen molar-refractivity contribution in [2.24, 2.45) is 5.92 Å². The summed E-state index contributed by atoms with van der Waals surface area (Å²) in [6.45, 7) is 4.07. The Labute approximate surface area is 301 Å². The number of carbonyl (C=O) groups excluding carboxylic acids is 1. The number of nitrogens with one attached hydrogen (secondary N) is 3. The largest absolute Gasteiger partial charge is 0.506 e. The van der Waals surface area contributed by atoms with Gasteiger partial charge in [0.25, 0.3) is 0 Å². The molecule has 8 rings (SSSR count). The quantitative estimate of drug-likeness (QED) is 0.0981. The Morgan fingerprint density at radius 2 is 1.71 bits per heavy atom. The summed E-state index contributed by atoms with van der Waals surface area (Å²) in [7, 11) is 0. The van der Waals surface area contributed by atoms with Crippen molar-refractivity contribution in [2.45, 2.75) is 44.1 Å². The molecule has 11 heteroatoms. The van der Waals surface area contributed by atoms with E-state index < -0.39 is 24.1 Å². The molecular formula is C41H43FN4O6. The molecule has 3 atom stereocenters. The van der Waals surface area contributed by atoms with E-state index in [0.717, 1.165) is 55.6 Å². The van der Waals surface area contributed by atoms with Gasteiger partial charge in [0.2, 0.25) is 5.56 Å². The minimum atomic E-state index is -0.837. The highest BCUT2D eigenvalue weighted by atomic mass is 19.1. The average Bonchev–Trinajstić information content (AvgIpc) is 3.16. The number of amides is 1. The summed E-state index contributed by atoms with van der Waals surface area (Å²) >= 11 is 0. The lowest BCUT2D eigenvalue weighted by Gasteiger charge is -2.43. The Kier molecular flexibility index (Phi) is 10.8. The summed E-state index contributed by atoms with van der Waals surface area (Å²) in [5, 5.41) is 27.9. The standard InChI is InChI=1S/C41H43FN4O6/c42-31-8-2-6-29(21-31)39(45-41(50)52-37-24-46-18-15-28(37)16-19-46)30-7-3-9-32(22-30)51-25-27-5-1-4-26(20-27)14-17-43-23-36(48)33-10-12-35(47)40-34(33)11-13-38(49)44-40/h1-13,20-22,28,36-37,39,43,47-48H,14-19,23-25H2,(H,44,49)(H,45,50). The van der Waals surface area contributed by atoms with Crippen LogP contribution in [0.2, 0.25) is 0 Å². The fraction of sp³-hybridized carbons (Fsp3) is 0.317. The van der Waals surface area contributed by atoms with Gasteiger partial charge in [0.15, 0.2) is 0 Å². The van der Waals surface area contributed by atoms with Crippen LogP contribution in [0.15, 0.2) is 102 Å². The van der Waals surface area contributed by atoms with Crippen LogP contribution in [0.3, 0.4) is 0 Å². The van der Waals surface area contributed by atoms with Gasteiger partial charge in [0.1, 0.15) is 30.0 Å². The zero-order valence-corrected chi connectivity index (χ0v) is 28.8. The normalized spacial score (nSPS) is 19.2. The van der Waals surface area contributed by atoms with Gasteiger partial charge >= 0.3 is 6.09 Å². The second-order valence-electron chi connectivity index (χ2n) is 13.7. The molecule has 3 aliphatic heterocycles. The first-order valence-corrected chi connectivity index (χ1v) is 17.8. The number of aliphatic hydroxyl groups excluding tert-OH is 1. The molecule has 3 unspecified atom stereocenters. The lowest BCUT2D eigenvalue weighted by molar-refractivity contribution is -0.0336. The van der Waals surface area contributed by atoms with Crippen molar-refractivity contribution in [3.8, 4) is 11.5 Å². The maximum Gasteiger partial charge on any atom is 0.408 e. The van der Waals surface area contributed by atoms with Crippen molar-refractivity contribution >= 4 is 17.0 Å². The molecule has 0 spiro atoms. The molecule has 0 saturated carbocycles. The molecule has 5 N–H and O–H groups in total. The molecule has 52 heavy (non-hydrogen) atoms. The van der Waals surface area contributed by atoms with Crippen molar-refractivity contribution in [1.82, 2.24) is 20.5 Å². The monoisotopic (exact) mass is 706 g/mol. The lowest BCUT2D eigenvalue weighted by atomic mass is 9.86. The van der Waals surface area contributed by atoms with Crippen molar-refractivity contribution in [3.63, 3.8) is 0 Å². The number of hydrogen-bond donors (Lipinski definition) is 5. The summed E-state index contributed by atoms with van der Waals surface area (Å²) in [4.78, 5) is 29.9. The fourth-order valence-corrected chi connectivity index (χ4v) is 7.34. The zero-order valence-electron chi connectivity index (χ0n) is 28.8. The van der Waals surface area contributed by atoms with Crippen molar-refractivity contribution < 1.29 is 28.9 Å². The third kappa shape index (κ3) is 8.45. The summed E-state index contributed by atoms with van der Waals surface area (Å²) in [5.41, 5.74) is 4.01. The summed E-state index contributed by atoms with van der Waals surface area (Å²) in [6.07, 6.45) is 1.27. The molecule has 0 radical (unpaired) electrons. The first-order chi connectivity index (χ1) is 25.3. The number of aromatic hydroxyl groups is 1. The Bertz CT molecular complexity index is 2080. The summed E-state index contributed by atoms with van der Waals surface area (Å²) < 4.78 is 26.5. The first kappa shape index (κ1) is 35.2. The molecule has 0 aliphatic carbocycles. The minimum absolute atomic E-state index is 0.0464. The highest BCUT2D eigenvalue weighted by Crippen LogP contribution is 2.31. The number of nitrogens with zero attached hydrogens (tertiary/aromatic N) is 1. The first-order valence-electron chi connectivity index (χ1n) is 17.8. The predicted molar refractivity (Wildman–Crippen MR) is 196 cm³/mol. The summed E-state index contributed by atoms with van der Waals surface area (Å²) in [6, 6.07) is 27.2. The molecule has 4 aromatic carbocycles. The maximum absolute atomic E-state index is 14.3. The third-order valence-electron chi connectivity index (χ3n) is 10.1. The topological polar surface area (TPSA) is 136 Å². The van der Waals surface area contributed by atoms with Crippen LogP contribution in [0.4, 0.5) is 9.18 Å². The molecule has 270 valence electrons. The number of fused-ring (bicyclic) bond motifs is 4. The van der Waals surface area contributed by atoms with Gasteiger partial charge in [-0.2, -0.15) is 0 Å². The molecular weight excluding hydrogens is 663 g/mol. The van der Waals surface area contributed by atoms with E-state index >= 15 is 0 Å². The molecule has 3 saturated heterocycles. The van der Waals surface area contributed by atoms with Gasteiger partial charge in [-0.05, 0) is 109 Å². The van der Waals surface area contributed by atoms with Crippen LogP contribution < -0.4 is 20.9 Å². The number of carbonyl (C=O) groups is 1. The molecule has 2 bridgehead atoms. The SMILES string of the molecule is O=C(NC(c1cccc(F)c1)c1cccc(OCc2cccc(CCNCC(O)c3ccc(O)c4[nH]c(=O)ccc34)c2)c1)OC1CN2CCC1CC2. The van der Waals surface area contributed by atoms with E-state index in [4.69, 9.17) is 9.47 Å². The molecule has 10 nitrogen and oxygen atoms in total. The Hall–Kier alpha value is -5.23. The number of piperidine rings is 3. The van der Waals surface area contributed by atoms with Crippen molar-refractivity contribution in [3.05, 3.63) is 141 Å². The maximum atomic E-state index is 14.3. The lowest BCUT2D eigenvalue weighted by Crippen LogP contribution is -2.52. The number of aromatic nitrogens is 1. The number of phenolic OH excluding ortho intramolecular Hbond substituents is 1. The van der Waals surface area contributed by atoms with Crippen LogP contribution in [-0.4, -0.2) is 65.0 Å². The molecule has 4 heterocycles. The molecule has 3 aliphatic rings. The predicted octanol–water partition coefficient (Wildman–Crippen LogP) is 5.73. The smallest absolute Gasteiger partial charge is 0.408 e. The number of H-pyrrole nitrogens is 1. The number of rotatable bonds is 13. The van der Waals surface area contributed by atoms with Gasteiger partial charge in [-0.1, -0.05) is 54.6 Å². The van der Waals surface area contributed by atoms with E-state index in [0.29, 0.717) is 53.4 Å². The number of pyridine rings is 1. The highest BCUT2D eigenvalue weighted by Gasteiger charge is 2.37. The number of alkyl carbamates (subject to hydrolysis) is 1. The summed E-state index contributed by atoms with van der Waals surface area (Å²) in [5.74, 6) is 0.543. The van der Waals surface area contributed by atoms with Gasteiger partial charge in [0.05, 0.1) is 17.7 Å². The van der Waals surface area contributed by atoms with E-state index in [1.165, 1.54) is 24.3 Å². The second-order valence-corrected chi connectivity index (χ2v) is 13.7. The van der Waals surface area contributed by atoms with Gasteiger partial charge in [-0.25, -0.2) is 9.18 Å². The van der Waals surface area contributed by atoms with Crippen LogP contribution >= 0.6 is 0 Å². The highest BCUT2D eigenvalue weighted by molar-refractivity contribution is 5.87. The Morgan fingerprint density at radius 1 is 0.942 bits per heavy atom. The molecule has 3 fully saturated rings. The zero-order chi connectivity index (χ0) is 36.0. The molecule has 1 amide bonds. The second kappa shape index (κ2) is 16.0. The van der Waals surface area contributed by atoms with Gasteiger partial charge < -0.3 is 35.3 Å². The Balaban J connectivity index is 0.950. The van der Waals surface area contributed by atoms with Crippen LogP contribution in [0.1, 0.15) is 52.8 Å². The number of benzene rings is 4. The number of aromatic amines is 1. The molecule has 5 aromatic rings. The van der Waals surface area contributed by atoms with Crippen molar-refractivity contribution in [2.75, 3.05) is 32.7 Å². The number of aliphatic hydroxyl groups is 1. The van der Waals surface area contributed by atoms with Gasteiger partial charge in [-0.3, -0.25) is 9.69 Å². The Morgan fingerprint density at radius 3 is 2.50 bits per heavy atom. The fourth-order valence-electron chi connectivity index (χ4n) is 7.34. The van der Waals surface area contributed by atoms with Crippen molar-refractivity contribution in [1.29, 1.82) is 0 Å². The molecule has 1 aromatic heterocycles. The van der Waals surface area contributed by atoms with E-state index in [2.05, 4.69) is 26.6 Å². The van der Waals surface area contributed by atoms with E-state index in [1.807, 2.05) is 42.5 Å². The van der Waals surface area contributed by atoms with Crippen LogP contribution in [-0.2, 0) is 17.8 Å².